The average Bonchev–Trinajstić information content (AvgIpc) is 2.59. The van der Waals surface area contributed by atoms with Gasteiger partial charge in [-0.1, -0.05) is 6.07 Å². The van der Waals surface area contributed by atoms with Crippen LogP contribution in [-0.2, 0) is 11.3 Å². The van der Waals surface area contributed by atoms with E-state index in [9.17, 15) is 4.79 Å². The summed E-state index contributed by atoms with van der Waals surface area (Å²) in [7, 11) is 0. The van der Waals surface area contributed by atoms with E-state index in [1.807, 2.05) is 24.4 Å². The van der Waals surface area contributed by atoms with Gasteiger partial charge in [0, 0.05) is 45.1 Å². The molecule has 0 spiro atoms. The van der Waals surface area contributed by atoms with Crippen molar-refractivity contribution in [3.63, 3.8) is 0 Å². The van der Waals surface area contributed by atoms with Gasteiger partial charge < -0.3 is 5.32 Å². The Bertz CT molecular complexity index is 668. The molecule has 0 saturated carbocycles. The Hall–Kier alpha value is -2.31. The van der Waals surface area contributed by atoms with Crippen molar-refractivity contribution in [1.29, 1.82) is 0 Å². The number of carbonyl (C=O) groups is 1. The minimum absolute atomic E-state index is 0.0111. The number of hydrogen-bond donors (Lipinski definition) is 1. The second-order valence-electron chi connectivity index (χ2n) is 6.11. The molecule has 0 atom stereocenters. The molecule has 2 aromatic rings. The van der Waals surface area contributed by atoms with Gasteiger partial charge in [0.2, 0.25) is 5.91 Å². The molecule has 1 aliphatic rings. The van der Waals surface area contributed by atoms with E-state index < -0.39 is 0 Å². The van der Waals surface area contributed by atoms with Crippen LogP contribution in [0.1, 0.15) is 11.3 Å². The monoisotopic (exact) mass is 325 g/mol. The highest BCUT2D eigenvalue weighted by Crippen LogP contribution is 2.10. The Kier molecular flexibility index (Phi) is 5.51. The van der Waals surface area contributed by atoms with Crippen molar-refractivity contribution in [2.24, 2.45) is 0 Å². The number of aromatic nitrogens is 2. The van der Waals surface area contributed by atoms with Crippen molar-refractivity contribution in [3.8, 4) is 0 Å². The fourth-order valence-corrected chi connectivity index (χ4v) is 2.84. The second-order valence-corrected chi connectivity index (χ2v) is 6.11. The first kappa shape index (κ1) is 16.5. The number of nitrogens with zero attached hydrogens (tertiary/aromatic N) is 4. The molecular formula is C18H23N5O. The summed E-state index contributed by atoms with van der Waals surface area (Å²) in [6.07, 6.45) is 5.20. The normalized spacial score (nSPS) is 16.0. The zero-order chi connectivity index (χ0) is 16.8. The first-order valence-electron chi connectivity index (χ1n) is 8.26. The Balaban J connectivity index is 1.43. The van der Waals surface area contributed by atoms with Crippen LogP contribution in [0.15, 0.2) is 42.9 Å². The van der Waals surface area contributed by atoms with E-state index in [4.69, 9.17) is 0 Å². The Morgan fingerprint density at radius 2 is 1.88 bits per heavy atom. The maximum atomic E-state index is 12.1. The van der Waals surface area contributed by atoms with Gasteiger partial charge in [-0.05, 0) is 30.7 Å². The Morgan fingerprint density at radius 3 is 2.58 bits per heavy atom. The lowest BCUT2D eigenvalue weighted by atomic mass is 10.2. The van der Waals surface area contributed by atoms with Gasteiger partial charge in [-0.25, -0.2) is 0 Å². The molecule has 24 heavy (non-hydrogen) atoms. The molecule has 6 nitrogen and oxygen atoms in total. The fraction of sp³-hybridized carbons (Fsp3) is 0.389. The van der Waals surface area contributed by atoms with Gasteiger partial charge in [-0.15, -0.1) is 0 Å². The lowest BCUT2D eigenvalue weighted by Crippen LogP contribution is -2.48. The highest BCUT2D eigenvalue weighted by molar-refractivity contribution is 5.92. The molecule has 0 radical (unpaired) electrons. The third-order valence-electron chi connectivity index (χ3n) is 4.27. The largest absolute Gasteiger partial charge is 0.324 e. The summed E-state index contributed by atoms with van der Waals surface area (Å²) >= 11 is 0. The van der Waals surface area contributed by atoms with Crippen LogP contribution < -0.4 is 5.32 Å². The van der Waals surface area contributed by atoms with Gasteiger partial charge in [-0.2, -0.15) is 0 Å². The molecular weight excluding hydrogens is 302 g/mol. The standard InChI is InChI=1S/C18H23N5O/c1-15-4-2-7-20-17(15)13-22-8-10-23(11-9-22)14-18(24)21-16-5-3-6-19-12-16/h2-7,12H,8-11,13-14H2,1H3,(H,21,24). The topological polar surface area (TPSA) is 61.4 Å². The molecule has 126 valence electrons. The average molecular weight is 325 g/mol. The van der Waals surface area contributed by atoms with Gasteiger partial charge in [-0.3, -0.25) is 24.6 Å². The van der Waals surface area contributed by atoms with Gasteiger partial charge in [0.05, 0.1) is 24.1 Å². The molecule has 1 aliphatic heterocycles. The zero-order valence-corrected chi connectivity index (χ0v) is 14.0. The van der Waals surface area contributed by atoms with Crippen LogP contribution in [0.2, 0.25) is 0 Å². The lowest BCUT2D eigenvalue weighted by Gasteiger charge is -2.34. The molecule has 2 aromatic heterocycles. The SMILES string of the molecule is Cc1cccnc1CN1CCN(CC(=O)Nc2cccnc2)CC1. The van der Waals surface area contributed by atoms with Gasteiger partial charge >= 0.3 is 0 Å². The molecule has 6 heteroatoms. The maximum absolute atomic E-state index is 12.1. The summed E-state index contributed by atoms with van der Waals surface area (Å²) in [6, 6.07) is 7.73. The number of amides is 1. The third-order valence-corrected chi connectivity index (χ3v) is 4.27. The van der Waals surface area contributed by atoms with E-state index in [-0.39, 0.29) is 5.91 Å². The summed E-state index contributed by atoms with van der Waals surface area (Å²) in [4.78, 5) is 25.1. The summed E-state index contributed by atoms with van der Waals surface area (Å²) in [5, 5.41) is 2.88. The van der Waals surface area contributed by atoms with E-state index in [1.54, 1.807) is 12.4 Å². The molecule has 3 rings (SSSR count). The quantitative estimate of drug-likeness (QED) is 0.903. The van der Waals surface area contributed by atoms with Crippen LogP contribution in [0, 0.1) is 6.92 Å². The minimum Gasteiger partial charge on any atom is -0.324 e. The minimum atomic E-state index is 0.0111. The van der Waals surface area contributed by atoms with Gasteiger partial charge in [0.25, 0.3) is 0 Å². The maximum Gasteiger partial charge on any atom is 0.238 e. The third kappa shape index (κ3) is 4.59. The van der Waals surface area contributed by atoms with Crippen molar-refractivity contribution in [1.82, 2.24) is 19.8 Å². The number of carbonyl (C=O) groups excluding carboxylic acids is 1. The van der Waals surface area contributed by atoms with Crippen LogP contribution in [0.25, 0.3) is 0 Å². The second kappa shape index (κ2) is 7.99. The first-order chi connectivity index (χ1) is 11.7. The van der Waals surface area contributed by atoms with E-state index in [0.29, 0.717) is 6.54 Å². The van der Waals surface area contributed by atoms with Crippen molar-refractivity contribution in [2.75, 3.05) is 38.0 Å². The molecule has 1 amide bonds. The van der Waals surface area contributed by atoms with Crippen molar-refractivity contribution in [3.05, 3.63) is 54.1 Å². The number of hydrogen-bond acceptors (Lipinski definition) is 5. The van der Waals surface area contributed by atoms with Crippen LogP contribution >= 0.6 is 0 Å². The molecule has 3 heterocycles. The van der Waals surface area contributed by atoms with E-state index in [2.05, 4.69) is 38.1 Å². The zero-order valence-electron chi connectivity index (χ0n) is 14.0. The smallest absolute Gasteiger partial charge is 0.238 e. The summed E-state index contributed by atoms with van der Waals surface area (Å²) in [6.45, 7) is 7.10. The molecule has 0 unspecified atom stereocenters. The fourth-order valence-electron chi connectivity index (χ4n) is 2.84. The molecule has 0 aliphatic carbocycles. The highest BCUT2D eigenvalue weighted by atomic mass is 16.2. The molecule has 0 bridgehead atoms. The predicted molar refractivity (Wildman–Crippen MR) is 93.6 cm³/mol. The molecule has 1 fully saturated rings. The van der Waals surface area contributed by atoms with E-state index in [0.717, 1.165) is 44.1 Å². The number of anilines is 1. The van der Waals surface area contributed by atoms with Crippen LogP contribution in [-0.4, -0.2) is 58.4 Å². The van der Waals surface area contributed by atoms with E-state index in [1.165, 1.54) is 5.56 Å². The van der Waals surface area contributed by atoms with Gasteiger partial charge in [0.1, 0.15) is 0 Å². The van der Waals surface area contributed by atoms with Crippen LogP contribution in [0.4, 0.5) is 5.69 Å². The lowest BCUT2D eigenvalue weighted by molar-refractivity contribution is -0.117. The van der Waals surface area contributed by atoms with Gasteiger partial charge in [0.15, 0.2) is 0 Å². The summed E-state index contributed by atoms with van der Waals surface area (Å²) in [5.41, 5.74) is 3.11. The summed E-state index contributed by atoms with van der Waals surface area (Å²) < 4.78 is 0. The number of rotatable bonds is 5. The predicted octanol–water partition coefficient (Wildman–Crippen LogP) is 1.54. The number of nitrogens with one attached hydrogen (secondary N) is 1. The van der Waals surface area contributed by atoms with Crippen LogP contribution in [0.3, 0.4) is 0 Å². The Labute approximate surface area is 142 Å². The first-order valence-corrected chi connectivity index (χ1v) is 8.26. The molecule has 0 aromatic carbocycles. The molecule has 1 N–H and O–H groups in total. The number of piperazine rings is 1. The Morgan fingerprint density at radius 1 is 1.12 bits per heavy atom. The number of pyridine rings is 2. The van der Waals surface area contributed by atoms with Crippen molar-refractivity contribution >= 4 is 11.6 Å². The highest BCUT2D eigenvalue weighted by Gasteiger charge is 2.19. The van der Waals surface area contributed by atoms with Crippen molar-refractivity contribution in [2.45, 2.75) is 13.5 Å². The van der Waals surface area contributed by atoms with E-state index >= 15 is 0 Å². The summed E-state index contributed by atoms with van der Waals surface area (Å²) in [5.74, 6) is 0.0111. The number of aryl methyl sites for hydroxylation is 1. The van der Waals surface area contributed by atoms with Crippen LogP contribution in [0.5, 0.6) is 0 Å². The van der Waals surface area contributed by atoms with Crippen molar-refractivity contribution < 1.29 is 4.79 Å². The molecule has 1 saturated heterocycles.